The monoisotopic (exact) mass is 432 g/mol. The second kappa shape index (κ2) is 8.49. The van der Waals surface area contributed by atoms with Crippen molar-refractivity contribution in [2.75, 3.05) is 15.8 Å². The van der Waals surface area contributed by atoms with Gasteiger partial charge in [0, 0.05) is 23.1 Å². The highest BCUT2D eigenvalue weighted by atomic mass is 32.1. The van der Waals surface area contributed by atoms with Crippen molar-refractivity contribution < 1.29 is 9.59 Å². The van der Waals surface area contributed by atoms with Gasteiger partial charge in [0.05, 0.1) is 17.1 Å². The number of hydrogen-bond donors (Lipinski definition) is 2. The number of hydrogen-bond acceptors (Lipinski definition) is 7. The number of rotatable bonds is 5. The Morgan fingerprint density at radius 3 is 2.39 bits per heavy atom. The van der Waals surface area contributed by atoms with Gasteiger partial charge in [0.1, 0.15) is 0 Å². The first-order valence-corrected chi connectivity index (χ1v) is 10.4. The summed E-state index contributed by atoms with van der Waals surface area (Å²) in [6.45, 7) is 5.16. The second-order valence-corrected chi connectivity index (χ2v) is 8.08. The standard InChI is InChI=1S/C22H20N6O2S/c1-13-19(26-25-18-11-9-17(10-12-18)23-15(3)29)21(30)28(27-13)22-24-20(14(2)31-22)16-7-5-4-6-8-16/h4-12,25H,1-3H3,(H,23,29)/b26-19+. The molecule has 0 spiro atoms. The maximum Gasteiger partial charge on any atom is 0.303 e. The molecule has 1 aromatic heterocycles. The van der Waals surface area contributed by atoms with E-state index in [0.29, 0.717) is 22.2 Å². The third kappa shape index (κ3) is 4.36. The zero-order valence-electron chi connectivity index (χ0n) is 17.2. The summed E-state index contributed by atoms with van der Waals surface area (Å²) >= 11 is 1.41. The lowest BCUT2D eigenvalue weighted by Crippen LogP contribution is -2.27. The molecule has 2 heterocycles. The number of aromatic nitrogens is 1. The van der Waals surface area contributed by atoms with Crippen molar-refractivity contribution in [2.45, 2.75) is 20.8 Å². The molecule has 31 heavy (non-hydrogen) atoms. The van der Waals surface area contributed by atoms with E-state index in [1.807, 2.05) is 37.3 Å². The highest BCUT2D eigenvalue weighted by Crippen LogP contribution is 2.33. The molecule has 1 aliphatic rings. The summed E-state index contributed by atoms with van der Waals surface area (Å²) in [7, 11) is 0. The van der Waals surface area contributed by atoms with Crippen molar-refractivity contribution >= 4 is 51.1 Å². The van der Waals surface area contributed by atoms with Gasteiger partial charge in [-0.1, -0.05) is 41.7 Å². The second-order valence-electron chi connectivity index (χ2n) is 6.90. The summed E-state index contributed by atoms with van der Waals surface area (Å²) in [4.78, 5) is 29.7. The van der Waals surface area contributed by atoms with Crippen LogP contribution in [0.15, 0.2) is 64.8 Å². The van der Waals surface area contributed by atoms with Crippen LogP contribution in [0.2, 0.25) is 0 Å². The smallest absolute Gasteiger partial charge is 0.303 e. The molecule has 0 unspecified atom stereocenters. The van der Waals surface area contributed by atoms with Gasteiger partial charge in [-0.2, -0.15) is 15.2 Å². The lowest BCUT2D eigenvalue weighted by molar-refractivity contribution is -0.114. The predicted octanol–water partition coefficient (Wildman–Crippen LogP) is 4.27. The van der Waals surface area contributed by atoms with Crippen molar-refractivity contribution in [1.82, 2.24) is 4.98 Å². The summed E-state index contributed by atoms with van der Waals surface area (Å²) < 4.78 is 0. The summed E-state index contributed by atoms with van der Waals surface area (Å²) in [6, 6.07) is 16.8. The van der Waals surface area contributed by atoms with Crippen molar-refractivity contribution in [3.05, 3.63) is 59.5 Å². The van der Waals surface area contributed by atoms with Crippen molar-refractivity contribution in [3.8, 4) is 11.3 Å². The number of thiazole rings is 1. The molecule has 9 heteroatoms. The maximum atomic E-state index is 12.9. The summed E-state index contributed by atoms with van der Waals surface area (Å²) in [5, 5.41) is 13.1. The van der Waals surface area contributed by atoms with Gasteiger partial charge in [0.15, 0.2) is 5.71 Å². The minimum atomic E-state index is -0.340. The number of carbonyl (C=O) groups excluding carboxylic acids is 2. The largest absolute Gasteiger partial charge is 0.326 e. The Morgan fingerprint density at radius 2 is 1.71 bits per heavy atom. The third-order valence-electron chi connectivity index (χ3n) is 4.50. The van der Waals surface area contributed by atoms with E-state index in [9.17, 15) is 9.59 Å². The zero-order chi connectivity index (χ0) is 22.0. The van der Waals surface area contributed by atoms with Crippen LogP contribution in [0, 0.1) is 6.92 Å². The van der Waals surface area contributed by atoms with Gasteiger partial charge in [0.2, 0.25) is 11.0 Å². The Morgan fingerprint density at radius 1 is 1.03 bits per heavy atom. The average molecular weight is 433 g/mol. The molecule has 8 nitrogen and oxygen atoms in total. The summed E-state index contributed by atoms with van der Waals surface area (Å²) in [5.74, 6) is -0.481. The first-order valence-electron chi connectivity index (χ1n) is 9.56. The van der Waals surface area contributed by atoms with Gasteiger partial charge in [-0.05, 0) is 38.1 Å². The number of carbonyl (C=O) groups is 2. The molecular weight excluding hydrogens is 412 g/mol. The average Bonchev–Trinajstić information content (AvgIpc) is 3.27. The van der Waals surface area contributed by atoms with Crippen LogP contribution >= 0.6 is 11.3 Å². The van der Waals surface area contributed by atoms with Crippen molar-refractivity contribution in [2.24, 2.45) is 10.2 Å². The Bertz CT molecular complexity index is 1200. The topological polar surface area (TPSA) is 99.0 Å². The minimum absolute atomic E-state index is 0.141. The van der Waals surface area contributed by atoms with Gasteiger partial charge in [-0.25, -0.2) is 4.98 Å². The number of anilines is 3. The third-order valence-corrected chi connectivity index (χ3v) is 5.45. The van der Waals surface area contributed by atoms with Crippen LogP contribution in [-0.2, 0) is 9.59 Å². The highest BCUT2D eigenvalue weighted by Gasteiger charge is 2.33. The molecule has 2 aromatic carbocycles. The van der Waals surface area contributed by atoms with E-state index in [2.05, 4.69) is 25.9 Å². The van der Waals surface area contributed by atoms with Crippen molar-refractivity contribution in [1.29, 1.82) is 0 Å². The molecule has 0 aliphatic carbocycles. The van der Waals surface area contributed by atoms with Crippen LogP contribution in [0.25, 0.3) is 11.3 Å². The van der Waals surface area contributed by atoms with E-state index >= 15 is 0 Å². The minimum Gasteiger partial charge on any atom is -0.326 e. The first kappa shape index (κ1) is 20.4. The van der Waals surface area contributed by atoms with Crippen LogP contribution < -0.4 is 15.8 Å². The van der Waals surface area contributed by atoms with Crippen LogP contribution in [0.1, 0.15) is 18.7 Å². The fourth-order valence-electron chi connectivity index (χ4n) is 3.04. The Labute approximate surface area is 183 Å². The molecule has 4 rings (SSSR count). The number of nitrogens with one attached hydrogen (secondary N) is 2. The normalized spacial score (nSPS) is 14.7. The van der Waals surface area contributed by atoms with Gasteiger partial charge < -0.3 is 5.32 Å². The lowest BCUT2D eigenvalue weighted by atomic mass is 10.1. The molecule has 3 aromatic rings. The Hall–Kier alpha value is -3.85. The van der Waals surface area contributed by atoms with Gasteiger partial charge >= 0.3 is 5.91 Å². The van der Waals surface area contributed by atoms with Crippen LogP contribution in [-0.4, -0.2) is 28.2 Å². The number of aryl methyl sites for hydroxylation is 1. The molecule has 1 aliphatic heterocycles. The van der Waals surface area contributed by atoms with E-state index in [1.54, 1.807) is 31.2 Å². The zero-order valence-corrected chi connectivity index (χ0v) is 18.0. The molecular formula is C22H20N6O2S. The Balaban J connectivity index is 1.52. The Kier molecular flexibility index (Phi) is 5.59. The van der Waals surface area contributed by atoms with Gasteiger partial charge in [-0.3, -0.25) is 15.0 Å². The fraction of sp³-hybridized carbons (Fsp3) is 0.136. The summed E-state index contributed by atoms with van der Waals surface area (Å²) in [5.41, 5.74) is 6.79. The van der Waals surface area contributed by atoms with E-state index in [0.717, 1.165) is 16.1 Å². The van der Waals surface area contributed by atoms with Crippen LogP contribution in [0.4, 0.5) is 16.5 Å². The van der Waals surface area contributed by atoms with Crippen LogP contribution in [0.3, 0.4) is 0 Å². The van der Waals surface area contributed by atoms with Crippen molar-refractivity contribution in [3.63, 3.8) is 0 Å². The number of benzene rings is 2. The lowest BCUT2D eigenvalue weighted by Gasteiger charge is -2.07. The van der Waals surface area contributed by atoms with Gasteiger partial charge in [0.25, 0.3) is 0 Å². The number of nitrogens with zero attached hydrogens (tertiary/aromatic N) is 4. The van der Waals surface area contributed by atoms with Crippen LogP contribution in [0.5, 0.6) is 0 Å². The molecule has 0 radical (unpaired) electrons. The van der Waals surface area contributed by atoms with Gasteiger partial charge in [-0.15, -0.1) is 0 Å². The molecule has 0 saturated carbocycles. The number of hydrazone groups is 2. The van der Waals surface area contributed by atoms with E-state index in [1.165, 1.54) is 23.3 Å². The molecule has 0 atom stereocenters. The molecule has 0 bridgehead atoms. The quantitative estimate of drug-likeness (QED) is 0.588. The summed E-state index contributed by atoms with van der Waals surface area (Å²) in [6.07, 6.45) is 0. The molecule has 0 fully saturated rings. The SMILES string of the molecule is CC(=O)Nc1ccc(N/N=C2/C(=O)N(c3nc(-c4ccccc4)c(C)s3)N=C2C)cc1. The van der Waals surface area contributed by atoms with E-state index < -0.39 is 0 Å². The molecule has 0 saturated heterocycles. The fourth-order valence-corrected chi connectivity index (χ4v) is 3.93. The molecule has 2 amide bonds. The first-order chi connectivity index (χ1) is 14.9. The van der Waals surface area contributed by atoms with E-state index in [-0.39, 0.29) is 17.5 Å². The molecule has 156 valence electrons. The molecule has 2 N–H and O–H groups in total. The maximum absolute atomic E-state index is 12.9. The highest BCUT2D eigenvalue weighted by molar-refractivity contribution is 7.16. The predicted molar refractivity (Wildman–Crippen MR) is 125 cm³/mol. The van der Waals surface area contributed by atoms with E-state index in [4.69, 9.17) is 0 Å². The number of amides is 2.